The van der Waals surface area contributed by atoms with Crippen molar-refractivity contribution in [3.63, 3.8) is 0 Å². The molecule has 6 rings (SSSR count). The van der Waals surface area contributed by atoms with Gasteiger partial charge in [-0.25, -0.2) is 9.48 Å². The summed E-state index contributed by atoms with van der Waals surface area (Å²) in [6.45, 7) is 6.53. The molecule has 6 N–H and O–H groups in total. The zero-order chi connectivity index (χ0) is 40.9. The average molecular weight is 783 g/mol. The van der Waals surface area contributed by atoms with E-state index < -0.39 is 35.6 Å². The van der Waals surface area contributed by atoms with Crippen LogP contribution in [-0.2, 0) is 33.7 Å². The third-order valence-electron chi connectivity index (χ3n) is 10.2. The summed E-state index contributed by atoms with van der Waals surface area (Å²) >= 11 is 0. The molecule has 0 radical (unpaired) electrons. The summed E-state index contributed by atoms with van der Waals surface area (Å²) in [5, 5.41) is 54.7. The number of amides is 2. The number of aromatic nitrogens is 3. The Balaban J connectivity index is 0.907. The van der Waals surface area contributed by atoms with Crippen LogP contribution in [0.4, 0.5) is 0 Å². The van der Waals surface area contributed by atoms with E-state index in [2.05, 4.69) is 33.1 Å². The first-order valence-electron chi connectivity index (χ1n) is 19.0. The number of benzene rings is 3. The number of aliphatic hydroxyl groups excluding tert-OH is 3. The molecule has 0 spiro atoms. The molecule has 15 nitrogen and oxygen atoms in total. The fraction of sp³-hybridized carbons (Fsp3) is 0.405. The van der Waals surface area contributed by atoms with Gasteiger partial charge in [0, 0.05) is 37.5 Å². The van der Waals surface area contributed by atoms with Gasteiger partial charge in [-0.05, 0) is 93.1 Å². The molecule has 5 aromatic rings. The van der Waals surface area contributed by atoms with Crippen molar-refractivity contribution in [2.45, 2.75) is 83.0 Å². The standard InChI is InChI=1S/C42H50N6O9/c1-25-8-13-29(39-38(53)37(52)34(50)24-56-39)19-30(25)18-27-11-9-26(10-12-27)6-5-7-36(51)44-42(2,3)41(55)43-16-17-47(4)22-31-23-48(46-45-31)33-20-28-14-15-32(49)21-35(28)57-40(33)54/h8-15,19-21,23,34,37-39,49-50,52-53H,5-7,16-18,22,24H2,1-4H3,(H,43,55)(H,44,51)/t34-,37+,38-,39+/m1/s1. The SMILES string of the molecule is Cc1ccc([C@@H]2OC[C@@H](O)[C@H](O)[C@H]2O)cc1Cc1ccc(CCCC(=O)NC(C)(C)C(=O)NCCN(C)Cc2cn(-c3cc4ccc(O)cc4oc3=O)nn2)cc1. The van der Waals surface area contributed by atoms with Gasteiger partial charge in [0.1, 0.15) is 41.3 Å². The van der Waals surface area contributed by atoms with Crippen molar-refractivity contribution >= 4 is 22.8 Å². The smallest absolute Gasteiger partial charge is 0.362 e. The maximum atomic E-state index is 13.0. The quantitative estimate of drug-likeness (QED) is 0.0847. The molecule has 1 aliphatic heterocycles. The third kappa shape index (κ3) is 10.3. The molecule has 0 saturated carbocycles. The van der Waals surface area contributed by atoms with E-state index in [0.717, 1.165) is 27.8 Å². The molecule has 1 fully saturated rings. The summed E-state index contributed by atoms with van der Waals surface area (Å²) in [5.74, 6) is -0.522. The predicted octanol–water partition coefficient (Wildman–Crippen LogP) is 2.60. The molecule has 1 aliphatic rings. The van der Waals surface area contributed by atoms with Crippen LogP contribution < -0.4 is 16.3 Å². The van der Waals surface area contributed by atoms with Gasteiger partial charge in [-0.3, -0.25) is 14.5 Å². The second kappa shape index (κ2) is 17.8. The van der Waals surface area contributed by atoms with Crippen LogP contribution in [0, 0.1) is 6.92 Å². The fourth-order valence-electron chi connectivity index (χ4n) is 6.80. The number of phenolic OH excluding ortho intramolecular Hbond substituents is 1. The van der Waals surface area contributed by atoms with Crippen LogP contribution in [0.15, 0.2) is 82.1 Å². The van der Waals surface area contributed by atoms with E-state index >= 15 is 0 Å². The molecule has 302 valence electrons. The van der Waals surface area contributed by atoms with E-state index in [4.69, 9.17) is 9.15 Å². The van der Waals surface area contributed by atoms with E-state index in [1.54, 1.807) is 32.2 Å². The Bertz CT molecular complexity index is 2250. The minimum atomic E-state index is -1.27. The van der Waals surface area contributed by atoms with Crippen molar-refractivity contribution in [2.24, 2.45) is 0 Å². The van der Waals surface area contributed by atoms with Crippen LogP contribution in [0.3, 0.4) is 0 Å². The van der Waals surface area contributed by atoms with Gasteiger partial charge in [0.25, 0.3) is 0 Å². The van der Waals surface area contributed by atoms with Crippen molar-refractivity contribution < 1.29 is 39.2 Å². The topological polar surface area (TPSA) is 213 Å². The molecule has 3 aromatic carbocycles. The predicted molar refractivity (Wildman–Crippen MR) is 211 cm³/mol. The molecule has 2 amide bonds. The number of hydrogen-bond donors (Lipinski definition) is 6. The molecular weight excluding hydrogens is 732 g/mol. The van der Waals surface area contributed by atoms with Gasteiger partial charge in [0.2, 0.25) is 11.8 Å². The van der Waals surface area contributed by atoms with E-state index in [9.17, 15) is 34.8 Å². The lowest BCUT2D eigenvalue weighted by Crippen LogP contribution is -2.55. The van der Waals surface area contributed by atoms with Gasteiger partial charge in [0.15, 0.2) is 5.69 Å². The Morgan fingerprint density at radius 3 is 2.53 bits per heavy atom. The highest BCUT2D eigenvalue weighted by molar-refractivity contribution is 5.90. The highest BCUT2D eigenvalue weighted by Crippen LogP contribution is 2.31. The van der Waals surface area contributed by atoms with Crippen LogP contribution in [0.1, 0.15) is 66.3 Å². The minimum absolute atomic E-state index is 0.00528. The number of aryl methyl sites for hydroxylation is 2. The Morgan fingerprint density at radius 2 is 1.75 bits per heavy atom. The number of rotatable bonds is 15. The minimum Gasteiger partial charge on any atom is -0.508 e. The third-order valence-corrected chi connectivity index (χ3v) is 10.2. The van der Waals surface area contributed by atoms with Crippen LogP contribution in [0.5, 0.6) is 5.75 Å². The molecule has 57 heavy (non-hydrogen) atoms. The second-order valence-electron chi connectivity index (χ2n) is 15.3. The Morgan fingerprint density at radius 1 is 1.00 bits per heavy atom. The summed E-state index contributed by atoms with van der Waals surface area (Å²) < 4.78 is 12.3. The molecule has 4 atom stereocenters. The molecule has 1 saturated heterocycles. The van der Waals surface area contributed by atoms with Crippen molar-refractivity contribution in [2.75, 3.05) is 26.7 Å². The first kappa shape index (κ1) is 41.2. The van der Waals surface area contributed by atoms with Gasteiger partial charge in [-0.1, -0.05) is 47.7 Å². The number of likely N-dealkylation sites (N-methyl/N-ethyl adjacent to an activating group) is 1. The zero-order valence-electron chi connectivity index (χ0n) is 32.5. The largest absolute Gasteiger partial charge is 0.508 e. The molecule has 0 unspecified atom stereocenters. The molecule has 0 bridgehead atoms. The molecular formula is C42H50N6O9. The van der Waals surface area contributed by atoms with Gasteiger partial charge in [0.05, 0.1) is 18.5 Å². The summed E-state index contributed by atoms with van der Waals surface area (Å²) in [6.07, 6.45) is -0.474. The van der Waals surface area contributed by atoms with Gasteiger partial charge >= 0.3 is 5.63 Å². The number of carbonyl (C=O) groups is 2. The summed E-state index contributed by atoms with van der Waals surface area (Å²) in [6, 6.07) is 20.2. The number of aliphatic hydroxyl groups is 3. The number of ether oxygens (including phenoxy) is 1. The molecule has 15 heteroatoms. The Hall–Kier alpha value is -5.45. The van der Waals surface area contributed by atoms with Gasteiger partial charge in [-0.2, -0.15) is 0 Å². The molecule has 0 aliphatic carbocycles. The van der Waals surface area contributed by atoms with Crippen LogP contribution in [-0.4, -0.2) is 103 Å². The number of aromatic hydroxyl groups is 1. The lowest BCUT2D eigenvalue weighted by Gasteiger charge is -2.35. The van der Waals surface area contributed by atoms with Crippen LogP contribution >= 0.6 is 0 Å². The van der Waals surface area contributed by atoms with Crippen molar-refractivity contribution in [3.05, 3.63) is 117 Å². The van der Waals surface area contributed by atoms with E-state index in [-0.39, 0.29) is 41.9 Å². The maximum absolute atomic E-state index is 13.0. The Kier molecular flexibility index (Phi) is 12.8. The normalized spacial score (nSPS) is 18.5. The van der Waals surface area contributed by atoms with Crippen LogP contribution in [0.2, 0.25) is 0 Å². The first-order chi connectivity index (χ1) is 27.2. The van der Waals surface area contributed by atoms with Crippen LogP contribution in [0.25, 0.3) is 16.7 Å². The van der Waals surface area contributed by atoms with Crippen molar-refractivity contribution in [1.82, 2.24) is 30.5 Å². The lowest BCUT2D eigenvalue weighted by atomic mass is 9.91. The number of nitrogens with one attached hydrogen (secondary N) is 2. The number of carbonyl (C=O) groups excluding carboxylic acids is 2. The van der Waals surface area contributed by atoms with E-state index in [0.29, 0.717) is 50.0 Å². The number of nitrogens with zero attached hydrogens (tertiary/aromatic N) is 4. The number of fused-ring (bicyclic) bond motifs is 1. The van der Waals surface area contributed by atoms with Gasteiger partial charge in [-0.15, -0.1) is 5.10 Å². The number of phenols is 1. The zero-order valence-corrected chi connectivity index (χ0v) is 32.5. The molecule has 3 heterocycles. The summed E-state index contributed by atoms with van der Waals surface area (Å²) in [7, 11) is 1.86. The van der Waals surface area contributed by atoms with Crippen molar-refractivity contribution in [3.8, 4) is 11.4 Å². The fourth-order valence-corrected chi connectivity index (χ4v) is 6.80. The van der Waals surface area contributed by atoms with Gasteiger partial charge < -0.3 is 40.2 Å². The summed E-state index contributed by atoms with van der Waals surface area (Å²) in [5.41, 5.74) is 4.41. The number of hydrogen-bond acceptors (Lipinski definition) is 12. The molecule has 2 aromatic heterocycles. The average Bonchev–Trinajstić information content (AvgIpc) is 3.63. The highest BCUT2D eigenvalue weighted by atomic mass is 16.5. The van der Waals surface area contributed by atoms with Crippen molar-refractivity contribution in [1.29, 1.82) is 0 Å². The lowest BCUT2D eigenvalue weighted by molar-refractivity contribution is -0.189. The Labute approximate surface area is 329 Å². The first-order valence-corrected chi connectivity index (χ1v) is 19.0. The monoisotopic (exact) mass is 782 g/mol. The van der Waals surface area contributed by atoms with E-state index in [1.807, 2.05) is 49.2 Å². The maximum Gasteiger partial charge on any atom is 0.362 e. The second-order valence-corrected chi connectivity index (χ2v) is 15.3. The highest BCUT2D eigenvalue weighted by Gasteiger charge is 2.38. The summed E-state index contributed by atoms with van der Waals surface area (Å²) in [4.78, 5) is 40.3. The van der Waals surface area contributed by atoms with E-state index in [1.165, 1.54) is 16.8 Å².